The highest BCUT2D eigenvalue weighted by molar-refractivity contribution is 6.01. The van der Waals surface area contributed by atoms with E-state index in [1.54, 1.807) is 18.5 Å². The minimum absolute atomic E-state index is 0.236. The summed E-state index contributed by atoms with van der Waals surface area (Å²) in [5, 5.41) is 0. The van der Waals surface area contributed by atoms with Crippen LogP contribution in [-0.4, -0.2) is 33.7 Å². The molecule has 0 amide bonds. The number of hydrogen-bond acceptors (Lipinski definition) is 4. The zero-order chi connectivity index (χ0) is 11.0. The van der Waals surface area contributed by atoms with Gasteiger partial charge in [-0.15, -0.1) is 0 Å². The van der Waals surface area contributed by atoms with Crippen molar-refractivity contribution in [2.45, 2.75) is 12.8 Å². The average molecular weight is 215 g/mol. The van der Waals surface area contributed by atoms with Crippen molar-refractivity contribution in [1.29, 1.82) is 0 Å². The van der Waals surface area contributed by atoms with Gasteiger partial charge in [-0.25, -0.2) is 9.97 Å². The fourth-order valence-corrected chi connectivity index (χ4v) is 2.42. The van der Waals surface area contributed by atoms with Crippen molar-refractivity contribution in [2.75, 3.05) is 13.1 Å². The number of allylic oxidation sites excluding steroid dienone is 1. The normalized spacial score (nSPS) is 23.1. The number of ketones is 1. The molecule has 0 radical (unpaired) electrons. The quantitative estimate of drug-likeness (QED) is 0.658. The lowest BCUT2D eigenvalue weighted by atomic mass is 9.85. The lowest BCUT2D eigenvalue weighted by Crippen LogP contribution is -2.45. The Morgan fingerprint density at radius 3 is 2.56 bits per heavy atom. The Kier molecular flexibility index (Phi) is 2.20. The van der Waals surface area contributed by atoms with Gasteiger partial charge in [0.1, 0.15) is 0 Å². The molecule has 0 atom stereocenters. The molecule has 1 aromatic rings. The molecule has 4 rings (SSSR count). The highest BCUT2D eigenvalue weighted by Crippen LogP contribution is 2.31. The van der Waals surface area contributed by atoms with Crippen molar-refractivity contribution in [3.63, 3.8) is 0 Å². The van der Waals surface area contributed by atoms with Gasteiger partial charge in [0.15, 0.2) is 11.6 Å². The highest BCUT2D eigenvalue weighted by atomic mass is 16.1. The van der Waals surface area contributed by atoms with Gasteiger partial charge >= 0.3 is 0 Å². The summed E-state index contributed by atoms with van der Waals surface area (Å²) >= 11 is 0. The Balaban J connectivity index is 1.95. The van der Waals surface area contributed by atoms with Gasteiger partial charge in [-0.1, -0.05) is 0 Å². The number of fused-ring (bicyclic) bond motifs is 3. The van der Waals surface area contributed by atoms with Crippen LogP contribution in [0, 0.1) is 5.92 Å². The van der Waals surface area contributed by atoms with Crippen LogP contribution in [0.2, 0.25) is 0 Å². The largest absolute Gasteiger partial charge is 0.369 e. The predicted octanol–water partition coefficient (Wildman–Crippen LogP) is 1.11. The summed E-state index contributed by atoms with van der Waals surface area (Å²) in [7, 11) is 0. The molecule has 0 spiro atoms. The third-order valence-corrected chi connectivity index (χ3v) is 3.31. The molecule has 0 N–H and O–H groups in total. The van der Waals surface area contributed by atoms with E-state index < -0.39 is 0 Å². The number of hydrogen-bond donors (Lipinski definition) is 0. The first-order chi connectivity index (χ1) is 7.84. The van der Waals surface area contributed by atoms with E-state index in [-0.39, 0.29) is 11.7 Å². The first-order valence-electron chi connectivity index (χ1n) is 5.62. The first-order valence-corrected chi connectivity index (χ1v) is 5.62. The second kappa shape index (κ2) is 3.70. The standard InChI is InChI=1S/C12H13N3O/c16-12-9-2-6-15(7-3-9)10(12)8-11-13-4-1-5-14-11/h1,4-5,8-9H,2-3,6-7H2. The molecule has 3 fully saturated rings. The minimum Gasteiger partial charge on any atom is -0.369 e. The summed E-state index contributed by atoms with van der Waals surface area (Å²) in [5.74, 6) is 1.13. The average Bonchev–Trinajstić information content (AvgIpc) is 2.36. The lowest BCUT2D eigenvalue weighted by Gasteiger charge is -2.40. The molecule has 2 bridgehead atoms. The zero-order valence-electron chi connectivity index (χ0n) is 8.97. The van der Waals surface area contributed by atoms with E-state index in [0.717, 1.165) is 31.6 Å². The van der Waals surface area contributed by atoms with Crippen LogP contribution in [0.5, 0.6) is 0 Å². The summed E-state index contributed by atoms with van der Waals surface area (Å²) in [4.78, 5) is 22.4. The van der Waals surface area contributed by atoms with Crippen molar-refractivity contribution < 1.29 is 4.79 Å². The molecule has 0 saturated carbocycles. The predicted molar refractivity (Wildman–Crippen MR) is 59.3 cm³/mol. The molecule has 4 heteroatoms. The molecule has 1 aromatic heterocycles. The van der Waals surface area contributed by atoms with E-state index >= 15 is 0 Å². The van der Waals surface area contributed by atoms with Gasteiger partial charge in [0.2, 0.25) is 0 Å². The molecule has 3 aliphatic heterocycles. The van der Waals surface area contributed by atoms with Crippen molar-refractivity contribution >= 4 is 11.9 Å². The van der Waals surface area contributed by atoms with Crippen LogP contribution in [-0.2, 0) is 4.79 Å². The van der Waals surface area contributed by atoms with Gasteiger partial charge in [-0.05, 0) is 18.9 Å². The maximum absolute atomic E-state index is 12.0. The number of aromatic nitrogens is 2. The molecule has 3 saturated heterocycles. The second-order valence-corrected chi connectivity index (χ2v) is 4.26. The molecule has 4 nitrogen and oxygen atoms in total. The van der Waals surface area contributed by atoms with Crippen LogP contribution in [0.3, 0.4) is 0 Å². The molecule has 0 aliphatic carbocycles. The Morgan fingerprint density at radius 2 is 1.94 bits per heavy atom. The molecule has 16 heavy (non-hydrogen) atoms. The second-order valence-electron chi connectivity index (χ2n) is 4.26. The van der Waals surface area contributed by atoms with E-state index in [2.05, 4.69) is 14.9 Å². The zero-order valence-corrected chi connectivity index (χ0v) is 8.97. The number of carbonyl (C=O) groups is 1. The molecule has 0 aromatic carbocycles. The van der Waals surface area contributed by atoms with Gasteiger partial charge in [-0.2, -0.15) is 0 Å². The number of carbonyl (C=O) groups excluding carboxylic acids is 1. The van der Waals surface area contributed by atoms with E-state index in [1.165, 1.54) is 0 Å². The van der Waals surface area contributed by atoms with Gasteiger partial charge in [0.05, 0.1) is 5.70 Å². The minimum atomic E-state index is 0.236. The monoisotopic (exact) mass is 215 g/mol. The van der Waals surface area contributed by atoms with Crippen LogP contribution >= 0.6 is 0 Å². The Labute approximate surface area is 94.0 Å². The SMILES string of the molecule is O=C1C(=Cc2ncccn2)N2CCC1CC2. The fourth-order valence-electron chi connectivity index (χ4n) is 2.42. The van der Waals surface area contributed by atoms with Gasteiger partial charge in [-0.3, -0.25) is 4.79 Å². The summed E-state index contributed by atoms with van der Waals surface area (Å²) < 4.78 is 0. The molecule has 0 unspecified atom stereocenters. The smallest absolute Gasteiger partial charge is 0.182 e. The van der Waals surface area contributed by atoms with Crippen LogP contribution in [0.25, 0.3) is 6.08 Å². The third kappa shape index (κ3) is 1.50. The molecule has 4 heterocycles. The molecular formula is C12H13N3O. The van der Waals surface area contributed by atoms with Crippen molar-refractivity contribution in [1.82, 2.24) is 14.9 Å². The summed E-state index contributed by atoms with van der Waals surface area (Å²) in [6, 6.07) is 1.77. The van der Waals surface area contributed by atoms with E-state index in [0.29, 0.717) is 5.82 Å². The lowest BCUT2D eigenvalue weighted by molar-refractivity contribution is -0.125. The molecular weight excluding hydrogens is 202 g/mol. The summed E-state index contributed by atoms with van der Waals surface area (Å²) in [6.07, 6.45) is 7.21. The maximum Gasteiger partial charge on any atom is 0.182 e. The third-order valence-electron chi connectivity index (χ3n) is 3.31. The van der Waals surface area contributed by atoms with Crippen molar-refractivity contribution in [3.8, 4) is 0 Å². The van der Waals surface area contributed by atoms with Gasteiger partial charge in [0, 0.05) is 37.5 Å². The topological polar surface area (TPSA) is 46.1 Å². The maximum atomic E-state index is 12.0. The number of piperidine rings is 3. The van der Waals surface area contributed by atoms with E-state index in [1.807, 2.05) is 6.08 Å². The fraction of sp³-hybridized carbons (Fsp3) is 0.417. The van der Waals surface area contributed by atoms with Gasteiger partial charge < -0.3 is 4.90 Å². The van der Waals surface area contributed by atoms with Crippen LogP contribution in [0.4, 0.5) is 0 Å². The Hall–Kier alpha value is -1.71. The number of rotatable bonds is 1. The van der Waals surface area contributed by atoms with Gasteiger partial charge in [0.25, 0.3) is 0 Å². The van der Waals surface area contributed by atoms with E-state index in [4.69, 9.17) is 0 Å². The highest BCUT2D eigenvalue weighted by Gasteiger charge is 2.36. The van der Waals surface area contributed by atoms with Crippen LogP contribution in [0.15, 0.2) is 24.2 Å². The van der Waals surface area contributed by atoms with Crippen LogP contribution in [0.1, 0.15) is 18.7 Å². The Bertz CT molecular complexity index is 433. The van der Waals surface area contributed by atoms with Crippen LogP contribution < -0.4 is 0 Å². The van der Waals surface area contributed by atoms with Crippen molar-refractivity contribution in [3.05, 3.63) is 30.0 Å². The number of nitrogens with zero attached hydrogens (tertiary/aromatic N) is 3. The molecule has 82 valence electrons. The van der Waals surface area contributed by atoms with Crippen molar-refractivity contribution in [2.24, 2.45) is 5.92 Å². The number of Topliss-reactive ketones (excluding diaryl/α,β-unsaturated/α-hetero) is 1. The Morgan fingerprint density at radius 1 is 1.25 bits per heavy atom. The molecule has 3 aliphatic rings. The first kappa shape index (κ1) is 9.51. The summed E-state index contributed by atoms with van der Waals surface area (Å²) in [5.41, 5.74) is 0.800. The summed E-state index contributed by atoms with van der Waals surface area (Å²) in [6.45, 7) is 1.99. The van der Waals surface area contributed by atoms with E-state index in [9.17, 15) is 4.79 Å².